The summed E-state index contributed by atoms with van der Waals surface area (Å²) in [6.45, 7) is 0. The van der Waals surface area contributed by atoms with Crippen molar-refractivity contribution in [3.8, 4) is 0 Å². The number of aliphatic carboxylic acids is 1. The number of ether oxygens (including phenoxy) is 1. The first-order valence-electron chi connectivity index (χ1n) is 5.98. The number of carbonyl (C=O) groups excluding carboxylic acids is 1. The second kappa shape index (κ2) is 8.06. The van der Waals surface area contributed by atoms with Crippen LogP contribution < -0.4 is 39.4 Å². The summed E-state index contributed by atoms with van der Waals surface area (Å²) >= 11 is 0. The Labute approximate surface area is 167 Å². The van der Waals surface area contributed by atoms with Gasteiger partial charge >= 0.3 is 63.0 Å². The molecule has 1 N–H and O–H groups in total. The Morgan fingerprint density at radius 1 is 0.963 bits per heavy atom. The van der Waals surface area contributed by atoms with Gasteiger partial charge in [0.1, 0.15) is 5.97 Å². The maximum absolute atomic E-state index is 13.6. The molecule has 0 aromatic heterocycles. The van der Waals surface area contributed by atoms with Crippen LogP contribution in [-0.4, -0.2) is 37.8 Å². The number of sulfonamides is 1. The Hall–Kier alpha value is -1.16. The minimum absolute atomic E-state index is 0. The van der Waals surface area contributed by atoms with E-state index in [1.165, 1.54) is 6.07 Å². The number of nitrogens with one attached hydrogen (secondary N) is 1. The monoisotopic (exact) mass is 439 g/mol. The molecule has 0 saturated carbocycles. The van der Waals surface area contributed by atoms with E-state index in [1.54, 1.807) is 0 Å². The van der Waals surface area contributed by atoms with Gasteiger partial charge in [0, 0.05) is 5.69 Å². The van der Waals surface area contributed by atoms with E-state index in [4.69, 9.17) is 0 Å². The molecule has 0 spiro atoms. The van der Waals surface area contributed by atoms with E-state index in [0.29, 0.717) is 0 Å². The van der Waals surface area contributed by atoms with Gasteiger partial charge in [-0.1, -0.05) is 18.2 Å². The first-order chi connectivity index (χ1) is 11.5. The molecule has 0 aliphatic carbocycles. The predicted octanol–water partition coefficient (Wildman–Crippen LogP) is -1.39. The van der Waals surface area contributed by atoms with Crippen molar-refractivity contribution in [1.82, 2.24) is 0 Å². The van der Waals surface area contributed by atoms with Gasteiger partial charge < -0.3 is 9.90 Å². The Kier molecular flexibility index (Phi) is 7.72. The SMILES string of the molecule is O=C([O-])C(F)(OC(F)(F)C(F)(F)S(=O)(=O)Nc1ccccc1)C(F)(F)F.[Na+]. The fraction of sp³-hybridized carbons (Fsp3) is 0.364. The fourth-order valence-corrected chi connectivity index (χ4v) is 2.26. The van der Waals surface area contributed by atoms with Crippen molar-refractivity contribution in [2.75, 3.05) is 4.72 Å². The number of carboxylic acids is 1. The molecule has 0 heterocycles. The summed E-state index contributed by atoms with van der Waals surface area (Å²) in [4.78, 5) is 10.1. The van der Waals surface area contributed by atoms with Gasteiger partial charge in [0.25, 0.3) is 0 Å². The van der Waals surface area contributed by atoms with E-state index in [2.05, 4.69) is 4.74 Å². The van der Waals surface area contributed by atoms with Crippen molar-refractivity contribution < 1.29 is 87.7 Å². The van der Waals surface area contributed by atoms with Gasteiger partial charge in [0.2, 0.25) is 0 Å². The standard InChI is InChI=1S/C11H7F8NO5S.Na/c12-8(7(21)22,9(13,14)15)25-10(16,17)11(18,19)26(23,24)20-6-4-2-1-3-5-6;/h1-5,20H,(H,21,22);/q;+1/p-1. The third-order valence-corrected chi connectivity index (χ3v) is 4.02. The predicted molar refractivity (Wildman–Crippen MR) is 64.9 cm³/mol. The molecule has 1 aromatic carbocycles. The number of anilines is 1. The quantitative estimate of drug-likeness (QED) is 0.417. The van der Waals surface area contributed by atoms with Crippen molar-refractivity contribution in [2.45, 2.75) is 23.4 Å². The summed E-state index contributed by atoms with van der Waals surface area (Å²) < 4.78 is 130. The molecule has 0 saturated heterocycles. The van der Waals surface area contributed by atoms with E-state index in [9.17, 15) is 53.4 Å². The topological polar surface area (TPSA) is 95.5 Å². The largest absolute Gasteiger partial charge is 1.00 e. The van der Waals surface area contributed by atoms with E-state index in [1.807, 2.05) is 0 Å². The van der Waals surface area contributed by atoms with Crippen molar-refractivity contribution >= 4 is 21.7 Å². The van der Waals surface area contributed by atoms with Crippen LogP contribution in [0.25, 0.3) is 0 Å². The van der Waals surface area contributed by atoms with Crippen LogP contribution in [0.1, 0.15) is 0 Å². The maximum atomic E-state index is 13.6. The smallest absolute Gasteiger partial charge is 0.544 e. The minimum atomic E-state index is -6.79. The second-order valence-corrected chi connectivity index (χ2v) is 6.21. The second-order valence-electron chi connectivity index (χ2n) is 4.49. The van der Waals surface area contributed by atoms with E-state index in [-0.39, 0.29) is 29.6 Å². The Balaban J connectivity index is 0.00000676. The van der Waals surface area contributed by atoms with Gasteiger partial charge in [-0.3, -0.25) is 9.46 Å². The maximum Gasteiger partial charge on any atom is 1.00 e. The van der Waals surface area contributed by atoms with Crippen LogP contribution in [0.3, 0.4) is 0 Å². The van der Waals surface area contributed by atoms with Gasteiger partial charge in [-0.15, -0.1) is 0 Å². The number of benzene rings is 1. The van der Waals surface area contributed by atoms with Crippen LogP contribution in [0, 0.1) is 0 Å². The fourth-order valence-electron chi connectivity index (χ4n) is 1.33. The normalized spacial score (nSPS) is 15.4. The number of hydrogen-bond donors (Lipinski definition) is 1. The van der Waals surface area contributed by atoms with E-state index in [0.717, 1.165) is 29.0 Å². The Morgan fingerprint density at radius 3 is 1.78 bits per heavy atom. The molecule has 16 heteroatoms. The summed E-state index contributed by atoms with van der Waals surface area (Å²) in [5.41, 5.74) is -0.704. The summed E-state index contributed by atoms with van der Waals surface area (Å²) in [7, 11) is -6.52. The number of carbonyl (C=O) groups is 1. The summed E-state index contributed by atoms with van der Waals surface area (Å²) in [6, 6.07) is 5.05. The Morgan fingerprint density at radius 2 is 1.41 bits per heavy atom. The molecule has 1 aromatic rings. The van der Waals surface area contributed by atoms with Crippen LogP contribution in [0.2, 0.25) is 0 Å². The number of carboxylic acid groups (broad SMARTS) is 1. The first kappa shape index (κ1) is 25.8. The van der Waals surface area contributed by atoms with Gasteiger partial charge in [0.05, 0.1) is 0 Å². The summed E-state index contributed by atoms with van der Waals surface area (Å²) in [6.07, 6.45) is -13.6. The minimum Gasteiger partial charge on any atom is -0.544 e. The molecule has 0 aliphatic rings. The molecular formula is C11H6F8NNaO5S. The van der Waals surface area contributed by atoms with Crippen LogP contribution in [0.5, 0.6) is 0 Å². The zero-order valence-electron chi connectivity index (χ0n) is 12.9. The summed E-state index contributed by atoms with van der Waals surface area (Å²) in [5.74, 6) is -10.4. The van der Waals surface area contributed by atoms with Crippen molar-refractivity contribution in [3.63, 3.8) is 0 Å². The van der Waals surface area contributed by atoms with E-state index < -0.39 is 45.1 Å². The van der Waals surface area contributed by atoms with Gasteiger partial charge in [-0.2, -0.15) is 43.5 Å². The molecule has 0 amide bonds. The van der Waals surface area contributed by atoms with Crippen molar-refractivity contribution in [1.29, 1.82) is 0 Å². The molecule has 27 heavy (non-hydrogen) atoms. The third kappa shape index (κ3) is 5.01. The van der Waals surface area contributed by atoms with Gasteiger partial charge in [0.15, 0.2) is 0 Å². The van der Waals surface area contributed by atoms with Crippen molar-refractivity contribution in [3.05, 3.63) is 30.3 Å². The summed E-state index contributed by atoms with van der Waals surface area (Å²) in [5, 5.41) is 3.62. The van der Waals surface area contributed by atoms with Crippen LogP contribution in [0.15, 0.2) is 30.3 Å². The molecule has 1 rings (SSSR count). The van der Waals surface area contributed by atoms with Crippen LogP contribution in [0.4, 0.5) is 40.8 Å². The average Bonchev–Trinajstić information content (AvgIpc) is 2.45. The molecule has 1 unspecified atom stereocenters. The molecular weight excluding hydrogens is 433 g/mol. The zero-order chi connectivity index (χ0) is 20.6. The molecule has 0 fully saturated rings. The van der Waals surface area contributed by atoms with E-state index >= 15 is 0 Å². The number of para-hydroxylation sites is 1. The number of rotatable bonds is 7. The molecule has 0 aliphatic heterocycles. The molecule has 1 atom stereocenters. The van der Waals surface area contributed by atoms with Crippen LogP contribution >= 0.6 is 0 Å². The van der Waals surface area contributed by atoms with Crippen LogP contribution in [-0.2, 0) is 19.6 Å². The zero-order valence-corrected chi connectivity index (χ0v) is 15.7. The molecule has 6 nitrogen and oxygen atoms in total. The number of hydrogen-bond acceptors (Lipinski definition) is 5. The third-order valence-electron chi connectivity index (χ3n) is 2.60. The molecule has 0 radical (unpaired) electrons. The molecule has 0 bridgehead atoms. The van der Waals surface area contributed by atoms with Gasteiger partial charge in [-0.25, -0.2) is 0 Å². The molecule has 148 valence electrons. The number of alkyl halides is 8. The first-order valence-corrected chi connectivity index (χ1v) is 7.46. The van der Waals surface area contributed by atoms with Gasteiger partial charge in [-0.05, 0) is 12.1 Å². The number of halogens is 8. The average molecular weight is 439 g/mol. The van der Waals surface area contributed by atoms with Crippen molar-refractivity contribution in [2.24, 2.45) is 0 Å². The Bertz CT molecular complexity index is 773.